The largest absolute Gasteiger partial charge is 0.304 e. The van der Waals surface area contributed by atoms with Gasteiger partial charge in [-0.15, -0.1) is 0 Å². The van der Waals surface area contributed by atoms with Crippen molar-refractivity contribution in [2.45, 2.75) is 24.6 Å². The Labute approximate surface area is 116 Å². The van der Waals surface area contributed by atoms with Crippen molar-refractivity contribution in [2.75, 3.05) is 19.3 Å². The van der Waals surface area contributed by atoms with Gasteiger partial charge in [0.2, 0.25) is 5.82 Å². The molecule has 0 radical (unpaired) electrons. The molecule has 0 amide bonds. The maximum Gasteiger partial charge on any atom is 0.304 e. The number of halogens is 1. The van der Waals surface area contributed by atoms with Crippen LogP contribution in [0, 0.1) is 15.9 Å². The summed E-state index contributed by atoms with van der Waals surface area (Å²) in [6.45, 7) is 2.67. The second kappa shape index (κ2) is 6.34. The minimum atomic E-state index is -0.749. The summed E-state index contributed by atoms with van der Waals surface area (Å²) in [4.78, 5) is 12.1. The third-order valence-electron chi connectivity index (χ3n) is 3.48. The zero-order valence-electron chi connectivity index (χ0n) is 10.8. The number of benzene rings is 1. The second-order valence-electron chi connectivity index (χ2n) is 4.75. The molecule has 1 fully saturated rings. The van der Waals surface area contributed by atoms with Crippen molar-refractivity contribution in [3.8, 4) is 0 Å². The SMILES string of the molecule is CSC1CCN(Cc2ccc([N+](=O)[O-])c(F)c2)CC1. The van der Waals surface area contributed by atoms with Gasteiger partial charge in [0.15, 0.2) is 0 Å². The number of piperidine rings is 1. The molecule has 1 heterocycles. The van der Waals surface area contributed by atoms with Gasteiger partial charge in [-0.25, -0.2) is 0 Å². The average Bonchev–Trinajstić information content (AvgIpc) is 2.39. The maximum atomic E-state index is 13.5. The Bertz CT molecular complexity index is 462. The standard InChI is InChI=1S/C13H17FN2O2S/c1-19-11-4-6-15(7-5-11)9-10-2-3-13(16(17)18)12(14)8-10/h2-3,8,11H,4-7,9H2,1H3. The van der Waals surface area contributed by atoms with E-state index in [-0.39, 0.29) is 0 Å². The van der Waals surface area contributed by atoms with Crippen molar-refractivity contribution in [1.29, 1.82) is 0 Å². The minimum Gasteiger partial charge on any atom is -0.299 e. The lowest BCUT2D eigenvalue weighted by Gasteiger charge is -2.31. The minimum absolute atomic E-state index is 0.454. The summed E-state index contributed by atoms with van der Waals surface area (Å²) in [6.07, 6.45) is 4.43. The number of hydrogen-bond donors (Lipinski definition) is 0. The lowest BCUT2D eigenvalue weighted by Crippen LogP contribution is -2.34. The monoisotopic (exact) mass is 284 g/mol. The molecule has 1 aliphatic heterocycles. The smallest absolute Gasteiger partial charge is 0.299 e. The molecule has 0 atom stereocenters. The maximum absolute atomic E-state index is 13.5. The van der Waals surface area contributed by atoms with Crippen LogP contribution in [-0.2, 0) is 6.54 Å². The van der Waals surface area contributed by atoms with Crippen LogP contribution < -0.4 is 0 Å². The fourth-order valence-electron chi connectivity index (χ4n) is 2.36. The van der Waals surface area contributed by atoms with E-state index in [1.54, 1.807) is 6.07 Å². The molecule has 4 nitrogen and oxygen atoms in total. The molecule has 6 heteroatoms. The van der Waals surface area contributed by atoms with E-state index in [1.165, 1.54) is 12.1 Å². The number of nitro groups is 1. The number of hydrogen-bond acceptors (Lipinski definition) is 4. The summed E-state index contributed by atoms with van der Waals surface area (Å²) in [7, 11) is 0. The van der Waals surface area contributed by atoms with E-state index in [4.69, 9.17) is 0 Å². The van der Waals surface area contributed by atoms with E-state index in [9.17, 15) is 14.5 Å². The highest BCUT2D eigenvalue weighted by Gasteiger charge is 2.19. The summed E-state index contributed by atoms with van der Waals surface area (Å²) in [6, 6.07) is 4.17. The van der Waals surface area contributed by atoms with Crippen LogP contribution in [0.1, 0.15) is 18.4 Å². The molecule has 0 bridgehead atoms. The molecule has 2 rings (SSSR count). The van der Waals surface area contributed by atoms with Gasteiger partial charge in [0.25, 0.3) is 0 Å². The Morgan fingerprint density at radius 3 is 2.68 bits per heavy atom. The van der Waals surface area contributed by atoms with E-state index < -0.39 is 16.4 Å². The van der Waals surface area contributed by atoms with Crippen molar-refractivity contribution < 1.29 is 9.31 Å². The molecule has 0 unspecified atom stereocenters. The van der Waals surface area contributed by atoms with Crippen molar-refractivity contribution in [3.63, 3.8) is 0 Å². The molecule has 0 saturated carbocycles. The molecule has 1 aliphatic rings. The summed E-state index contributed by atoms with van der Waals surface area (Å²) < 4.78 is 13.5. The van der Waals surface area contributed by atoms with Gasteiger partial charge in [-0.05, 0) is 43.8 Å². The van der Waals surface area contributed by atoms with Crippen molar-refractivity contribution in [3.05, 3.63) is 39.7 Å². The molecular formula is C13H17FN2O2S. The van der Waals surface area contributed by atoms with Gasteiger partial charge in [-0.2, -0.15) is 16.2 Å². The first-order valence-corrected chi connectivity index (χ1v) is 7.57. The Balaban J connectivity index is 1.97. The second-order valence-corrected chi connectivity index (χ2v) is 5.89. The van der Waals surface area contributed by atoms with Crippen molar-refractivity contribution in [2.24, 2.45) is 0 Å². The fourth-order valence-corrected chi connectivity index (χ4v) is 3.04. The van der Waals surface area contributed by atoms with Crippen molar-refractivity contribution in [1.82, 2.24) is 4.90 Å². The fraction of sp³-hybridized carbons (Fsp3) is 0.538. The molecule has 104 valence electrons. The van der Waals surface area contributed by atoms with E-state index >= 15 is 0 Å². The Morgan fingerprint density at radius 2 is 2.16 bits per heavy atom. The number of nitro benzene ring substituents is 1. The predicted octanol–water partition coefficient (Wildman–Crippen LogP) is 3.06. The van der Waals surface area contributed by atoms with Gasteiger partial charge in [-0.3, -0.25) is 15.0 Å². The molecule has 0 N–H and O–H groups in total. The summed E-state index contributed by atoms with van der Waals surface area (Å²) >= 11 is 1.90. The quantitative estimate of drug-likeness (QED) is 0.629. The number of rotatable bonds is 4. The first-order valence-electron chi connectivity index (χ1n) is 6.28. The molecule has 0 aliphatic carbocycles. The lowest BCUT2D eigenvalue weighted by molar-refractivity contribution is -0.387. The average molecular weight is 284 g/mol. The molecule has 0 aromatic heterocycles. The van der Waals surface area contributed by atoms with Crippen LogP contribution in [0.3, 0.4) is 0 Å². The molecule has 19 heavy (non-hydrogen) atoms. The first-order chi connectivity index (χ1) is 9.10. The highest BCUT2D eigenvalue weighted by Crippen LogP contribution is 2.23. The lowest BCUT2D eigenvalue weighted by atomic mass is 10.1. The van der Waals surface area contributed by atoms with Gasteiger partial charge in [0, 0.05) is 17.9 Å². The van der Waals surface area contributed by atoms with Gasteiger partial charge < -0.3 is 0 Å². The van der Waals surface area contributed by atoms with Crippen LogP contribution in [0.15, 0.2) is 18.2 Å². The molecule has 1 aromatic carbocycles. The van der Waals surface area contributed by atoms with Gasteiger partial charge in [-0.1, -0.05) is 6.07 Å². The third-order valence-corrected chi connectivity index (χ3v) is 4.62. The molecular weight excluding hydrogens is 267 g/mol. The Hall–Kier alpha value is -1.14. The summed E-state index contributed by atoms with van der Waals surface area (Å²) in [5.41, 5.74) is 0.343. The van der Waals surface area contributed by atoms with Crippen LogP contribution in [0.5, 0.6) is 0 Å². The number of nitrogens with zero attached hydrogens (tertiary/aromatic N) is 2. The predicted molar refractivity (Wildman–Crippen MR) is 74.9 cm³/mol. The van der Waals surface area contributed by atoms with E-state index in [2.05, 4.69) is 11.2 Å². The van der Waals surface area contributed by atoms with Crippen LogP contribution >= 0.6 is 11.8 Å². The highest BCUT2D eigenvalue weighted by molar-refractivity contribution is 7.99. The zero-order chi connectivity index (χ0) is 13.8. The zero-order valence-corrected chi connectivity index (χ0v) is 11.7. The van der Waals surface area contributed by atoms with Crippen LogP contribution in [0.25, 0.3) is 0 Å². The topological polar surface area (TPSA) is 46.4 Å². The van der Waals surface area contributed by atoms with Gasteiger partial charge in [0.1, 0.15) is 0 Å². The number of thioether (sulfide) groups is 1. The van der Waals surface area contributed by atoms with Gasteiger partial charge in [0.05, 0.1) is 4.92 Å². The van der Waals surface area contributed by atoms with E-state index in [0.717, 1.165) is 36.7 Å². The number of likely N-dealkylation sites (tertiary alicyclic amines) is 1. The Morgan fingerprint density at radius 1 is 1.47 bits per heavy atom. The van der Waals surface area contributed by atoms with Gasteiger partial charge >= 0.3 is 5.69 Å². The first kappa shape index (κ1) is 14.3. The normalized spacial score (nSPS) is 17.6. The third kappa shape index (κ3) is 3.67. The molecule has 0 spiro atoms. The van der Waals surface area contributed by atoms with Crippen LogP contribution in [0.2, 0.25) is 0 Å². The summed E-state index contributed by atoms with van der Waals surface area (Å²) in [5, 5.41) is 11.3. The van der Waals surface area contributed by atoms with Crippen LogP contribution in [0.4, 0.5) is 10.1 Å². The molecule has 1 saturated heterocycles. The van der Waals surface area contributed by atoms with Crippen LogP contribution in [-0.4, -0.2) is 34.4 Å². The summed E-state index contributed by atoms with van der Waals surface area (Å²) in [5.74, 6) is -0.749. The Kier molecular flexibility index (Phi) is 4.76. The van der Waals surface area contributed by atoms with E-state index in [1.807, 2.05) is 11.8 Å². The van der Waals surface area contributed by atoms with E-state index in [0.29, 0.717) is 6.54 Å². The highest BCUT2D eigenvalue weighted by atomic mass is 32.2. The van der Waals surface area contributed by atoms with Crippen molar-refractivity contribution >= 4 is 17.4 Å². The molecule has 1 aromatic rings.